The average molecular weight is 261 g/mol. The summed E-state index contributed by atoms with van der Waals surface area (Å²) in [6.45, 7) is 5.10. The van der Waals surface area contributed by atoms with Crippen LogP contribution in [0.3, 0.4) is 0 Å². The van der Waals surface area contributed by atoms with Crippen LogP contribution in [0.1, 0.15) is 26.1 Å². The van der Waals surface area contributed by atoms with Gasteiger partial charge in [-0.2, -0.15) is 0 Å². The summed E-state index contributed by atoms with van der Waals surface area (Å²) in [7, 11) is -1.90. The quantitative estimate of drug-likeness (QED) is 0.791. The molecule has 6 nitrogen and oxygen atoms in total. The van der Waals surface area contributed by atoms with E-state index in [1.54, 1.807) is 32.4 Å². The maximum Gasteiger partial charge on any atom is 0.260 e. The van der Waals surface area contributed by atoms with Crippen molar-refractivity contribution in [1.29, 1.82) is 0 Å². The molecule has 98 valence electrons. The van der Waals surface area contributed by atoms with Crippen LogP contribution >= 0.6 is 0 Å². The molecule has 0 spiro atoms. The van der Waals surface area contributed by atoms with Gasteiger partial charge in [-0.3, -0.25) is 0 Å². The molecule has 0 aliphatic heterocycles. The monoisotopic (exact) mass is 261 g/mol. The second kappa shape index (κ2) is 4.75. The molecule has 0 bridgehead atoms. The van der Waals surface area contributed by atoms with Gasteiger partial charge >= 0.3 is 0 Å². The standard InChI is InChI=1S/C10H19N3O3S/c1-8-11-9(7-13(8)4)17(15,16)12-10(2,3)5-6-14/h7,12,14H,5-6H2,1-4H3. The Labute approximate surface area is 102 Å². The Balaban J connectivity index is 2.97. The van der Waals surface area contributed by atoms with E-state index in [1.807, 2.05) is 0 Å². The smallest absolute Gasteiger partial charge is 0.260 e. The van der Waals surface area contributed by atoms with E-state index in [9.17, 15) is 8.42 Å². The van der Waals surface area contributed by atoms with Gasteiger partial charge in [0.05, 0.1) is 0 Å². The number of aliphatic hydroxyl groups excluding tert-OH is 1. The van der Waals surface area contributed by atoms with Gasteiger partial charge in [0.15, 0.2) is 5.03 Å². The fourth-order valence-electron chi connectivity index (χ4n) is 1.40. The topological polar surface area (TPSA) is 84.2 Å². The van der Waals surface area contributed by atoms with Crippen molar-refractivity contribution < 1.29 is 13.5 Å². The number of rotatable bonds is 5. The van der Waals surface area contributed by atoms with Gasteiger partial charge in [0.1, 0.15) is 5.82 Å². The number of nitrogens with zero attached hydrogens (tertiary/aromatic N) is 2. The highest BCUT2D eigenvalue weighted by molar-refractivity contribution is 7.89. The van der Waals surface area contributed by atoms with E-state index in [0.29, 0.717) is 12.2 Å². The van der Waals surface area contributed by atoms with E-state index >= 15 is 0 Å². The molecule has 0 amide bonds. The van der Waals surface area contributed by atoms with Gasteiger partial charge in [-0.25, -0.2) is 18.1 Å². The SMILES string of the molecule is Cc1nc(S(=O)(=O)NC(C)(C)CCO)cn1C. The molecule has 1 rings (SSSR count). The number of hydrogen-bond acceptors (Lipinski definition) is 4. The zero-order valence-electron chi connectivity index (χ0n) is 10.6. The summed E-state index contributed by atoms with van der Waals surface area (Å²) in [6.07, 6.45) is 1.81. The molecule has 0 radical (unpaired) electrons. The Morgan fingerprint density at radius 3 is 2.53 bits per heavy atom. The van der Waals surface area contributed by atoms with Crippen molar-refractivity contribution in [2.24, 2.45) is 7.05 Å². The molecule has 0 aliphatic carbocycles. The van der Waals surface area contributed by atoms with Gasteiger partial charge in [-0.05, 0) is 27.2 Å². The summed E-state index contributed by atoms with van der Waals surface area (Å²) in [5.74, 6) is 0.630. The first kappa shape index (κ1) is 14.1. The predicted octanol–water partition coefficient (Wildman–Crippen LogP) is 0.168. The zero-order chi connectivity index (χ0) is 13.3. The van der Waals surface area contributed by atoms with E-state index in [0.717, 1.165) is 0 Å². The summed E-state index contributed by atoms with van der Waals surface area (Å²) in [5.41, 5.74) is -0.695. The van der Waals surface area contributed by atoms with Crippen molar-refractivity contribution in [2.75, 3.05) is 6.61 Å². The van der Waals surface area contributed by atoms with Crippen LogP contribution in [0.2, 0.25) is 0 Å². The second-order valence-electron chi connectivity index (χ2n) is 4.70. The lowest BCUT2D eigenvalue weighted by Crippen LogP contribution is -2.44. The first-order valence-corrected chi connectivity index (χ1v) is 6.81. The number of nitrogens with one attached hydrogen (secondary N) is 1. The number of sulfonamides is 1. The van der Waals surface area contributed by atoms with Gasteiger partial charge in [-0.15, -0.1) is 0 Å². The van der Waals surface area contributed by atoms with Crippen LogP contribution in [0, 0.1) is 6.92 Å². The summed E-state index contributed by atoms with van der Waals surface area (Å²) < 4.78 is 28.2. The minimum atomic E-state index is -3.63. The molecule has 17 heavy (non-hydrogen) atoms. The predicted molar refractivity (Wildman–Crippen MR) is 64.0 cm³/mol. The third-order valence-corrected chi connectivity index (χ3v) is 4.08. The van der Waals surface area contributed by atoms with Crippen LogP contribution < -0.4 is 4.72 Å². The zero-order valence-corrected chi connectivity index (χ0v) is 11.4. The molecule has 7 heteroatoms. The molecular weight excluding hydrogens is 242 g/mol. The molecule has 0 saturated carbocycles. The lowest BCUT2D eigenvalue weighted by molar-refractivity contribution is 0.245. The lowest BCUT2D eigenvalue weighted by Gasteiger charge is -2.24. The van der Waals surface area contributed by atoms with E-state index in [2.05, 4.69) is 9.71 Å². The van der Waals surface area contributed by atoms with Crippen LogP contribution in [0.5, 0.6) is 0 Å². The van der Waals surface area contributed by atoms with Gasteiger partial charge in [0, 0.05) is 25.4 Å². The molecule has 0 saturated heterocycles. The largest absolute Gasteiger partial charge is 0.396 e. The number of imidazole rings is 1. The molecule has 1 aromatic heterocycles. The molecule has 0 aliphatic rings. The third kappa shape index (κ3) is 3.52. The maximum absolute atomic E-state index is 12.0. The summed E-state index contributed by atoms with van der Waals surface area (Å²) in [4.78, 5) is 3.98. The maximum atomic E-state index is 12.0. The lowest BCUT2D eigenvalue weighted by atomic mass is 10.0. The number of aromatic nitrogens is 2. The van der Waals surface area contributed by atoms with Crippen molar-refractivity contribution >= 4 is 10.0 Å². The first-order valence-electron chi connectivity index (χ1n) is 5.33. The molecule has 0 atom stereocenters. The third-order valence-electron chi connectivity index (χ3n) is 2.51. The fourth-order valence-corrected chi connectivity index (χ4v) is 2.89. The minimum absolute atomic E-state index is 0.00325. The van der Waals surface area contributed by atoms with Crippen molar-refractivity contribution in [3.05, 3.63) is 12.0 Å². The first-order chi connectivity index (χ1) is 7.68. The second-order valence-corrected chi connectivity index (χ2v) is 6.33. The molecular formula is C10H19N3O3S. The number of aryl methyl sites for hydroxylation is 2. The van der Waals surface area contributed by atoms with Gasteiger partial charge in [0.2, 0.25) is 0 Å². The van der Waals surface area contributed by atoms with E-state index in [4.69, 9.17) is 5.11 Å². The van der Waals surface area contributed by atoms with Crippen molar-refractivity contribution in [1.82, 2.24) is 14.3 Å². The van der Waals surface area contributed by atoms with E-state index < -0.39 is 15.6 Å². The van der Waals surface area contributed by atoms with Crippen LogP contribution in [-0.4, -0.2) is 35.2 Å². The summed E-state index contributed by atoms with van der Waals surface area (Å²) in [5, 5.41) is 8.87. The van der Waals surface area contributed by atoms with E-state index in [1.165, 1.54) is 6.20 Å². The minimum Gasteiger partial charge on any atom is -0.396 e. The Bertz CT molecular complexity index is 471. The van der Waals surface area contributed by atoms with Crippen molar-refractivity contribution in [3.63, 3.8) is 0 Å². The van der Waals surface area contributed by atoms with Crippen molar-refractivity contribution in [3.8, 4) is 0 Å². The molecule has 0 fully saturated rings. The Hall–Kier alpha value is -0.920. The Kier molecular flexibility index (Phi) is 3.95. The number of aliphatic hydroxyl groups is 1. The molecule has 1 heterocycles. The molecule has 1 aromatic rings. The highest BCUT2D eigenvalue weighted by atomic mass is 32.2. The van der Waals surface area contributed by atoms with E-state index in [-0.39, 0.29) is 11.6 Å². The summed E-state index contributed by atoms with van der Waals surface area (Å²) >= 11 is 0. The summed E-state index contributed by atoms with van der Waals surface area (Å²) in [6, 6.07) is 0. The average Bonchev–Trinajstić information content (AvgIpc) is 2.45. The molecule has 0 unspecified atom stereocenters. The van der Waals surface area contributed by atoms with Crippen LogP contribution in [-0.2, 0) is 17.1 Å². The molecule has 2 N–H and O–H groups in total. The normalized spacial score (nSPS) is 13.0. The number of hydrogen-bond donors (Lipinski definition) is 2. The highest BCUT2D eigenvalue weighted by Crippen LogP contribution is 2.14. The molecule has 0 aromatic carbocycles. The van der Waals surface area contributed by atoms with Crippen molar-refractivity contribution in [2.45, 2.75) is 37.8 Å². The van der Waals surface area contributed by atoms with Crippen LogP contribution in [0.15, 0.2) is 11.2 Å². The van der Waals surface area contributed by atoms with Gasteiger partial charge in [-0.1, -0.05) is 0 Å². The fraction of sp³-hybridized carbons (Fsp3) is 0.700. The van der Waals surface area contributed by atoms with Crippen LogP contribution in [0.4, 0.5) is 0 Å². The van der Waals surface area contributed by atoms with Gasteiger partial charge < -0.3 is 9.67 Å². The Morgan fingerprint density at radius 1 is 1.53 bits per heavy atom. The van der Waals surface area contributed by atoms with Gasteiger partial charge in [0.25, 0.3) is 10.0 Å². The highest BCUT2D eigenvalue weighted by Gasteiger charge is 2.27. The van der Waals surface area contributed by atoms with Crippen LogP contribution in [0.25, 0.3) is 0 Å². The Morgan fingerprint density at radius 2 is 2.12 bits per heavy atom.